The van der Waals surface area contributed by atoms with Crippen molar-refractivity contribution < 1.29 is 30.6 Å². The molecule has 6 heteroatoms. The minimum atomic E-state index is 0.215. The summed E-state index contributed by atoms with van der Waals surface area (Å²) in [5, 5.41) is 53.1. The van der Waals surface area contributed by atoms with Crippen LogP contribution in [0, 0.1) is 35.5 Å². The SMILES string of the molecule is OCC1C=CC(CO)CCC1.OCC1C=CCC(CO)C1.OCC1CC=CCC(CO)C1. The van der Waals surface area contributed by atoms with E-state index < -0.39 is 0 Å². The molecule has 6 unspecified atom stereocenters. The maximum Gasteiger partial charge on any atom is 0.0493 e. The molecule has 0 amide bonds. The van der Waals surface area contributed by atoms with Gasteiger partial charge in [-0.25, -0.2) is 0 Å². The first-order valence-corrected chi connectivity index (χ1v) is 12.2. The molecular weight excluding hydrogens is 408 g/mol. The number of rotatable bonds is 6. The van der Waals surface area contributed by atoms with Crippen LogP contribution in [0.15, 0.2) is 36.5 Å². The molecule has 3 aliphatic rings. The van der Waals surface area contributed by atoms with Crippen molar-refractivity contribution in [3.63, 3.8) is 0 Å². The molecule has 0 fully saturated rings. The normalized spacial score (nSPS) is 32.1. The van der Waals surface area contributed by atoms with Crippen LogP contribution >= 0.6 is 0 Å². The lowest BCUT2D eigenvalue weighted by Crippen LogP contribution is -2.16. The molecule has 6 nitrogen and oxygen atoms in total. The van der Waals surface area contributed by atoms with E-state index in [0.29, 0.717) is 29.6 Å². The molecule has 0 saturated heterocycles. The summed E-state index contributed by atoms with van der Waals surface area (Å²) in [4.78, 5) is 0. The monoisotopic (exact) mass is 454 g/mol. The highest BCUT2D eigenvalue weighted by Gasteiger charge is 2.16. The van der Waals surface area contributed by atoms with Crippen molar-refractivity contribution in [3.05, 3.63) is 36.5 Å². The summed E-state index contributed by atoms with van der Waals surface area (Å²) in [5.41, 5.74) is 0. The minimum Gasteiger partial charge on any atom is -0.396 e. The molecule has 6 N–H and O–H groups in total. The van der Waals surface area contributed by atoms with Gasteiger partial charge in [0.25, 0.3) is 0 Å². The average Bonchev–Trinajstić information content (AvgIpc) is 3.25. The molecule has 0 aromatic heterocycles. The molecule has 186 valence electrons. The fourth-order valence-corrected chi connectivity index (χ4v) is 4.34. The van der Waals surface area contributed by atoms with E-state index in [0.717, 1.165) is 51.4 Å². The van der Waals surface area contributed by atoms with E-state index in [1.807, 2.05) is 24.3 Å². The predicted octanol–water partition coefficient (Wildman–Crippen LogP) is 2.44. The Morgan fingerprint density at radius 2 is 0.906 bits per heavy atom. The van der Waals surface area contributed by atoms with Gasteiger partial charge in [0.05, 0.1) is 0 Å². The van der Waals surface area contributed by atoms with Crippen molar-refractivity contribution in [3.8, 4) is 0 Å². The number of hydrogen-bond acceptors (Lipinski definition) is 6. The van der Waals surface area contributed by atoms with Crippen LogP contribution in [0.3, 0.4) is 0 Å². The highest BCUT2D eigenvalue weighted by molar-refractivity contribution is 4.96. The first kappa shape index (κ1) is 29.0. The second-order valence-corrected chi connectivity index (χ2v) is 9.37. The molecule has 0 aromatic rings. The van der Waals surface area contributed by atoms with Gasteiger partial charge in [-0.2, -0.15) is 0 Å². The predicted molar refractivity (Wildman–Crippen MR) is 128 cm³/mol. The molecule has 0 aliphatic heterocycles. The smallest absolute Gasteiger partial charge is 0.0493 e. The fourth-order valence-electron chi connectivity index (χ4n) is 4.34. The average molecular weight is 455 g/mol. The molecule has 6 atom stereocenters. The lowest BCUT2D eigenvalue weighted by molar-refractivity contribution is 0.166. The topological polar surface area (TPSA) is 121 Å². The summed E-state index contributed by atoms with van der Waals surface area (Å²) in [7, 11) is 0. The Bertz CT molecular complexity index is 504. The Hall–Kier alpha value is -1.02. The number of aliphatic hydroxyl groups excluding tert-OH is 6. The summed E-state index contributed by atoms with van der Waals surface area (Å²) in [6.45, 7) is 1.46. The van der Waals surface area contributed by atoms with Crippen molar-refractivity contribution in [1.29, 1.82) is 0 Å². The summed E-state index contributed by atoms with van der Waals surface area (Å²) in [6, 6.07) is 0. The lowest BCUT2D eigenvalue weighted by atomic mass is 9.88. The first-order chi connectivity index (χ1) is 15.6. The van der Waals surface area contributed by atoms with Crippen LogP contribution in [-0.2, 0) is 0 Å². The van der Waals surface area contributed by atoms with Gasteiger partial charge >= 0.3 is 0 Å². The van der Waals surface area contributed by atoms with E-state index in [1.54, 1.807) is 0 Å². The third kappa shape index (κ3) is 12.3. The van der Waals surface area contributed by atoms with Crippen molar-refractivity contribution in [2.75, 3.05) is 39.6 Å². The van der Waals surface area contributed by atoms with E-state index in [1.165, 1.54) is 0 Å². The molecule has 0 heterocycles. The second-order valence-electron chi connectivity index (χ2n) is 9.37. The maximum atomic E-state index is 8.91. The molecule has 0 aromatic carbocycles. The third-order valence-corrected chi connectivity index (χ3v) is 6.57. The Kier molecular flexibility index (Phi) is 16.7. The first-order valence-electron chi connectivity index (χ1n) is 12.2. The zero-order chi connectivity index (χ0) is 23.6. The van der Waals surface area contributed by atoms with E-state index in [2.05, 4.69) is 12.2 Å². The van der Waals surface area contributed by atoms with Crippen LogP contribution in [-0.4, -0.2) is 70.3 Å². The van der Waals surface area contributed by atoms with Gasteiger partial charge in [0, 0.05) is 45.6 Å². The van der Waals surface area contributed by atoms with Gasteiger partial charge in [-0.05, 0) is 74.5 Å². The quantitative estimate of drug-likeness (QED) is 0.343. The third-order valence-electron chi connectivity index (χ3n) is 6.57. The van der Waals surface area contributed by atoms with E-state index in [9.17, 15) is 0 Å². The van der Waals surface area contributed by atoms with Gasteiger partial charge in [-0.1, -0.05) is 42.9 Å². The Balaban J connectivity index is 0.000000240. The maximum absolute atomic E-state index is 8.91. The lowest BCUT2D eigenvalue weighted by Gasteiger charge is -2.20. The number of aliphatic hydroxyl groups is 6. The molecule has 3 aliphatic carbocycles. The molecular formula is C26H46O6. The van der Waals surface area contributed by atoms with Crippen molar-refractivity contribution >= 4 is 0 Å². The Morgan fingerprint density at radius 3 is 1.34 bits per heavy atom. The van der Waals surface area contributed by atoms with E-state index in [-0.39, 0.29) is 45.6 Å². The second kappa shape index (κ2) is 18.4. The van der Waals surface area contributed by atoms with E-state index >= 15 is 0 Å². The largest absolute Gasteiger partial charge is 0.396 e. The summed E-state index contributed by atoms with van der Waals surface area (Å²) >= 11 is 0. The van der Waals surface area contributed by atoms with Gasteiger partial charge in [-0.3, -0.25) is 0 Å². The van der Waals surface area contributed by atoms with Crippen LogP contribution < -0.4 is 0 Å². The van der Waals surface area contributed by atoms with Crippen LogP contribution in [0.1, 0.15) is 51.4 Å². The zero-order valence-corrected chi connectivity index (χ0v) is 19.5. The minimum absolute atomic E-state index is 0.215. The fraction of sp³-hybridized carbons (Fsp3) is 0.769. The number of hydrogen-bond donors (Lipinski definition) is 6. The van der Waals surface area contributed by atoms with Gasteiger partial charge in [0.2, 0.25) is 0 Å². The van der Waals surface area contributed by atoms with Crippen LogP contribution in [0.2, 0.25) is 0 Å². The molecule has 32 heavy (non-hydrogen) atoms. The van der Waals surface area contributed by atoms with E-state index in [4.69, 9.17) is 30.6 Å². The molecule has 0 bridgehead atoms. The van der Waals surface area contributed by atoms with Crippen LogP contribution in [0.25, 0.3) is 0 Å². The Labute approximate surface area is 194 Å². The van der Waals surface area contributed by atoms with Crippen LogP contribution in [0.4, 0.5) is 0 Å². The van der Waals surface area contributed by atoms with Gasteiger partial charge < -0.3 is 30.6 Å². The van der Waals surface area contributed by atoms with Gasteiger partial charge in [-0.15, -0.1) is 0 Å². The highest BCUT2D eigenvalue weighted by Crippen LogP contribution is 2.23. The van der Waals surface area contributed by atoms with Gasteiger partial charge in [0.15, 0.2) is 0 Å². The molecule has 0 spiro atoms. The van der Waals surface area contributed by atoms with Crippen LogP contribution in [0.5, 0.6) is 0 Å². The van der Waals surface area contributed by atoms with Gasteiger partial charge in [0.1, 0.15) is 0 Å². The molecule has 0 radical (unpaired) electrons. The summed E-state index contributed by atoms with van der Waals surface area (Å²) < 4.78 is 0. The molecule has 0 saturated carbocycles. The Morgan fingerprint density at radius 1 is 0.469 bits per heavy atom. The van der Waals surface area contributed by atoms with Crippen molar-refractivity contribution in [1.82, 2.24) is 0 Å². The van der Waals surface area contributed by atoms with Crippen molar-refractivity contribution in [2.45, 2.75) is 51.4 Å². The highest BCUT2D eigenvalue weighted by atomic mass is 16.3. The summed E-state index contributed by atoms with van der Waals surface area (Å²) in [6.07, 6.45) is 20.4. The number of allylic oxidation sites excluding steroid dienone is 3. The van der Waals surface area contributed by atoms with Crippen molar-refractivity contribution in [2.24, 2.45) is 35.5 Å². The molecule has 3 rings (SSSR count). The zero-order valence-electron chi connectivity index (χ0n) is 19.5. The standard InChI is InChI=1S/2C9H16O2.C8H14O2/c10-6-8-2-1-3-9(7-11)5-4-8;10-6-8-3-1-2-4-9(5-8)7-11;9-5-7-2-1-3-8(4-7)6-10/h4-5,8-11H,1-3,6-7H2;1-2,8-11H,3-7H2;1-2,7-10H,3-6H2. The summed E-state index contributed by atoms with van der Waals surface area (Å²) in [5.74, 6) is 2.04.